The van der Waals surface area contributed by atoms with Gasteiger partial charge in [0, 0.05) is 6.20 Å². The molecule has 0 spiro atoms. The van der Waals surface area contributed by atoms with E-state index in [1.54, 1.807) is 12.4 Å². The van der Waals surface area contributed by atoms with Gasteiger partial charge in [-0.1, -0.05) is 0 Å². The highest BCUT2D eigenvalue weighted by Crippen LogP contribution is 2.21. The van der Waals surface area contributed by atoms with Gasteiger partial charge in [0.1, 0.15) is 16.9 Å². The summed E-state index contributed by atoms with van der Waals surface area (Å²) in [6, 6.07) is 3.66. The predicted molar refractivity (Wildman–Crippen MR) is 56.2 cm³/mol. The van der Waals surface area contributed by atoms with E-state index in [2.05, 4.69) is 29.7 Å². The fourth-order valence-electron chi connectivity index (χ4n) is 0.878. The molecule has 72 valence electrons. The lowest BCUT2D eigenvalue weighted by molar-refractivity contribution is 0.299. The SMILES string of the molecule is Brc1ncccc1OCc1cnsn1. The number of halogens is 1. The van der Waals surface area contributed by atoms with Crippen LogP contribution in [0.25, 0.3) is 0 Å². The van der Waals surface area contributed by atoms with Crippen LogP contribution in [-0.2, 0) is 6.61 Å². The van der Waals surface area contributed by atoms with E-state index in [1.807, 2.05) is 12.1 Å². The molecule has 2 heterocycles. The zero-order valence-electron chi connectivity index (χ0n) is 7.05. The molecule has 0 aliphatic heterocycles. The van der Waals surface area contributed by atoms with Crippen LogP contribution in [0.1, 0.15) is 5.69 Å². The third-order valence-electron chi connectivity index (χ3n) is 1.51. The standard InChI is InChI=1S/C8H6BrN3OS/c9-8-7(2-1-3-10-8)13-5-6-4-11-14-12-6/h1-4H,5H2. The van der Waals surface area contributed by atoms with Crippen molar-refractivity contribution in [2.24, 2.45) is 0 Å². The van der Waals surface area contributed by atoms with Crippen LogP contribution < -0.4 is 4.74 Å². The van der Waals surface area contributed by atoms with Crippen molar-refractivity contribution in [2.75, 3.05) is 0 Å². The van der Waals surface area contributed by atoms with E-state index in [4.69, 9.17) is 4.74 Å². The van der Waals surface area contributed by atoms with Crippen molar-refractivity contribution < 1.29 is 4.74 Å². The number of rotatable bonds is 3. The number of hydrogen-bond acceptors (Lipinski definition) is 5. The fourth-order valence-corrected chi connectivity index (χ4v) is 1.66. The van der Waals surface area contributed by atoms with E-state index in [1.165, 1.54) is 11.7 Å². The summed E-state index contributed by atoms with van der Waals surface area (Å²) >= 11 is 4.46. The minimum atomic E-state index is 0.417. The summed E-state index contributed by atoms with van der Waals surface area (Å²) in [5.41, 5.74) is 0.825. The first-order chi connectivity index (χ1) is 6.86. The van der Waals surface area contributed by atoms with Crippen LogP contribution in [0.4, 0.5) is 0 Å². The molecule has 0 saturated carbocycles. The number of nitrogens with zero attached hydrogens (tertiary/aromatic N) is 3. The van der Waals surface area contributed by atoms with Gasteiger partial charge in [0.05, 0.1) is 17.9 Å². The molecule has 0 saturated heterocycles. The summed E-state index contributed by atoms with van der Waals surface area (Å²) in [6.07, 6.45) is 3.39. The summed E-state index contributed by atoms with van der Waals surface area (Å²) in [4.78, 5) is 4.04. The molecule has 0 aliphatic rings. The largest absolute Gasteiger partial charge is 0.484 e. The number of pyridine rings is 1. The van der Waals surface area contributed by atoms with Crippen molar-refractivity contribution in [3.05, 3.63) is 34.8 Å². The van der Waals surface area contributed by atoms with Crippen molar-refractivity contribution in [1.82, 2.24) is 13.7 Å². The summed E-state index contributed by atoms with van der Waals surface area (Å²) in [5.74, 6) is 0.709. The van der Waals surface area contributed by atoms with E-state index >= 15 is 0 Å². The highest BCUT2D eigenvalue weighted by Gasteiger charge is 2.02. The van der Waals surface area contributed by atoms with Gasteiger partial charge in [-0.25, -0.2) is 4.98 Å². The Bertz CT molecular complexity index is 407. The van der Waals surface area contributed by atoms with Crippen LogP contribution >= 0.6 is 27.7 Å². The van der Waals surface area contributed by atoms with Crippen molar-refractivity contribution in [3.8, 4) is 5.75 Å². The number of hydrogen-bond donors (Lipinski definition) is 0. The quantitative estimate of drug-likeness (QED) is 0.804. The number of aromatic nitrogens is 3. The van der Waals surface area contributed by atoms with Gasteiger partial charge < -0.3 is 4.74 Å². The van der Waals surface area contributed by atoms with Gasteiger partial charge in [-0.05, 0) is 28.1 Å². The Morgan fingerprint density at radius 1 is 1.50 bits per heavy atom. The van der Waals surface area contributed by atoms with Crippen LogP contribution in [0.3, 0.4) is 0 Å². The molecular weight excluding hydrogens is 266 g/mol. The second kappa shape index (κ2) is 4.47. The predicted octanol–water partition coefficient (Wildman–Crippen LogP) is 2.27. The maximum atomic E-state index is 5.48. The maximum absolute atomic E-state index is 5.48. The van der Waals surface area contributed by atoms with Crippen molar-refractivity contribution in [3.63, 3.8) is 0 Å². The molecule has 0 aromatic carbocycles. The lowest BCUT2D eigenvalue weighted by Crippen LogP contribution is -1.96. The Balaban J connectivity index is 2.02. The van der Waals surface area contributed by atoms with E-state index in [0.29, 0.717) is 17.0 Å². The molecule has 6 heteroatoms. The normalized spacial score (nSPS) is 10.1. The molecule has 0 radical (unpaired) electrons. The zero-order chi connectivity index (χ0) is 9.80. The molecule has 0 unspecified atom stereocenters. The molecular formula is C8H6BrN3OS. The Labute approximate surface area is 93.4 Å². The number of ether oxygens (including phenoxy) is 1. The second-order valence-corrected chi connectivity index (χ2v) is 3.79. The second-order valence-electron chi connectivity index (χ2n) is 2.48. The molecule has 2 aromatic heterocycles. The zero-order valence-corrected chi connectivity index (χ0v) is 9.46. The molecule has 0 atom stereocenters. The Kier molecular flexibility index (Phi) is 3.05. The van der Waals surface area contributed by atoms with Crippen LogP contribution in [-0.4, -0.2) is 13.7 Å². The van der Waals surface area contributed by atoms with Crippen LogP contribution in [0.2, 0.25) is 0 Å². The van der Waals surface area contributed by atoms with Crippen LogP contribution in [0.15, 0.2) is 29.1 Å². The van der Waals surface area contributed by atoms with Crippen LogP contribution in [0.5, 0.6) is 5.75 Å². The van der Waals surface area contributed by atoms with Gasteiger partial charge in [-0.3, -0.25) is 0 Å². The molecule has 14 heavy (non-hydrogen) atoms. The average Bonchev–Trinajstić information content (AvgIpc) is 2.69. The Hall–Kier alpha value is -1.01. The minimum Gasteiger partial charge on any atom is -0.484 e. The van der Waals surface area contributed by atoms with Crippen LogP contribution in [0, 0.1) is 0 Å². The molecule has 0 aliphatic carbocycles. The Morgan fingerprint density at radius 3 is 3.14 bits per heavy atom. The topological polar surface area (TPSA) is 47.9 Å². The van der Waals surface area contributed by atoms with Crippen molar-refractivity contribution >= 4 is 27.7 Å². The first-order valence-corrected chi connectivity index (χ1v) is 5.38. The monoisotopic (exact) mass is 271 g/mol. The van der Waals surface area contributed by atoms with Gasteiger partial charge in [-0.15, -0.1) is 0 Å². The van der Waals surface area contributed by atoms with E-state index < -0.39 is 0 Å². The first-order valence-electron chi connectivity index (χ1n) is 3.86. The van der Waals surface area contributed by atoms with E-state index in [9.17, 15) is 0 Å². The molecule has 0 amide bonds. The van der Waals surface area contributed by atoms with Gasteiger partial charge in [0.15, 0.2) is 5.75 Å². The minimum absolute atomic E-state index is 0.417. The highest BCUT2D eigenvalue weighted by atomic mass is 79.9. The summed E-state index contributed by atoms with van der Waals surface area (Å²) in [5, 5.41) is 0. The van der Waals surface area contributed by atoms with Gasteiger partial charge >= 0.3 is 0 Å². The fraction of sp³-hybridized carbons (Fsp3) is 0.125. The van der Waals surface area contributed by atoms with E-state index in [-0.39, 0.29) is 0 Å². The molecule has 0 bridgehead atoms. The average molecular weight is 272 g/mol. The molecule has 0 fully saturated rings. The lowest BCUT2D eigenvalue weighted by atomic mass is 10.4. The molecule has 2 rings (SSSR count). The summed E-state index contributed by atoms with van der Waals surface area (Å²) in [7, 11) is 0. The molecule has 2 aromatic rings. The molecule has 0 N–H and O–H groups in total. The first kappa shape index (κ1) is 9.54. The van der Waals surface area contributed by atoms with Gasteiger partial charge in [0.25, 0.3) is 0 Å². The summed E-state index contributed by atoms with van der Waals surface area (Å²) in [6.45, 7) is 0.417. The smallest absolute Gasteiger partial charge is 0.152 e. The molecule has 4 nitrogen and oxygen atoms in total. The van der Waals surface area contributed by atoms with Gasteiger partial charge in [-0.2, -0.15) is 8.75 Å². The summed E-state index contributed by atoms with van der Waals surface area (Å²) < 4.78 is 14.1. The van der Waals surface area contributed by atoms with E-state index in [0.717, 1.165) is 5.69 Å². The third-order valence-corrected chi connectivity index (χ3v) is 2.62. The maximum Gasteiger partial charge on any atom is 0.152 e. The van der Waals surface area contributed by atoms with Gasteiger partial charge in [0.2, 0.25) is 0 Å². The van der Waals surface area contributed by atoms with Crippen molar-refractivity contribution in [2.45, 2.75) is 6.61 Å². The van der Waals surface area contributed by atoms with Crippen molar-refractivity contribution in [1.29, 1.82) is 0 Å². The third kappa shape index (κ3) is 2.27. The lowest BCUT2D eigenvalue weighted by Gasteiger charge is -2.04. The Morgan fingerprint density at radius 2 is 2.43 bits per heavy atom. The highest BCUT2D eigenvalue weighted by molar-refractivity contribution is 9.10.